The summed E-state index contributed by atoms with van der Waals surface area (Å²) in [7, 11) is 2.09. The van der Waals surface area contributed by atoms with Crippen molar-refractivity contribution >= 4 is 23.2 Å². The highest BCUT2D eigenvalue weighted by molar-refractivity contribution is 6.01. The van der Waals surface area contributed by atoms with Gasteiger partial charge in [0, 0.05) is 31.4 Å². The second-order valence-electron chi connectivity index (χ2n) is 10.5. The molecule has 4 aromatic rings. The van der Waals surface area contributed by atoms with E-state index in [1.807, 2.05) is 54.6 Å². The number of aliphatic imine (C=N–C) groups is 1. The van der Waals surface area contributed by atoms with Gasteiger partial charge in [-0.05, 0) is 54.3 Å². The molecular weight excluding hydrogens is 506 g/mol. The van der Waals surface area contributed by atoms with Crippen LogP contribution in [0.3, 0.4) is 0 Å². The molecule has 3 N–H and O–H groups in total. The Labute approximate surface area is 243 Å². The van der Waals surface area contributed by atoms with Crippen molar-refractivity contribution in [1.82, 2.24) is 10.2 Å². The van der Waals surface area contributed by atoms with Gasteiger partial charge in [-0.3, -0.25) is 4.79 Å². The molecule has 1 heterocycles. The zero-order chi connectivity index (χ0) is 28.4. The van der Waals surface area contributed by atoms with E-state index in [0.29, 0.717) is 19.5 Å². The van der Waals surface area contributed by atoms with Crippen LogP contribution in [0.2, 0.25) is 0 Å². The van der Waals surface area contributed by atoms with Crippen LogP contribution in [0.25, 0.3) is 11.1 Å². The zero-order valence-corrected chi connectivity index (χ0v) is 23.7. The van der Waals surface area contributed by atoms with Crippen molar-refractivity contribution in [3.8, 4) is 11.1 Å². The standard InChI is InChI=1S/C35H39N5O/c1-39(24-12-4-11-23-36)35-38-32-18-10-9-17-31(32)33(25-34(41)37-26-27-13-5-2-6-14-27)40(35)30-21-19-29(20-22-30)28-15-7-3-8-16-28/h2-3,5-10,13-22,33H,4,11-12,23-26,36H2,1H3,(H,37,41). The van der Waals surface area contributed by atoms with E-state index in [-0.39, 0.29) is 11.9 Å². The quantitative estimate of drug-likeness (QED) is 0.207. The Bertz CT molecular complexity index is 1440. The molecule has 0 saturated heterocycles. The molecule has 1 unspecified atom stereocenters. The van der Waals surface area contributed by atoms with Gasteiger partial charge >= 0.3 is 0 Å². The maximum Gasteiger partial charge on any atom is 0.222 e. The van der Waals surface area contributed by atoms with Gasteiger partial charge in [0.15, 0.2) is 0 Å². The number of nitrogens with zero attached hydrogens (tertiary/aromatic N) is 3. The van der Waals surface area contributed by atoms with Gasteiger partial charge in [-0.25, -0.2) is 4.99 Å². The first-order chi connectivity index (χ1) is 20.1. The number of carbonyl (C=O) groups is 1. The number of hydrogen-bond donors (Lipinski definition) is 2. The van der Waals surface area contributed by atoms with Crippen molar-refractivity contribution in [2.45, 2.75) is 38.3 Å². The summed E-state index contributed by atoms with van der Waals surface area (Å²) in [6.07, 6.45) is 3.42. The Hall–Kier alpha value is -4.42. The van der Waals surface area contributed by atoms with Gasteiger partial charge in [-0.15, -0.1) is 0 Å². The molecule has 0 aromatic heterocycles. The first-order valence-electron chi connectivity index (χ1n) is 14.5. The van der Waals surface area contributed by atoms with Gasteiger partial charge in [-0.2, -0.15) is 0 Å². The van der Waals surface area contributed by atoms with E-state index in [4.69, 9.17) is 10.7 Å². The first-order valence-corrected chi connectivity index (χ1v) is 14.5. The van der Waals surface area contributed by atoms with Gasteiger partial charge in [0.2, 0.25) is 11.9 Å². The minimum Gasteiger partial charge on any atom is -0.352 e. The number of nitrogens with two attached hydrogens (primary N) is 1. The van der Waals surface area contributed by atoms with Gasteiger partial charge in [-0.1, -0.05) is 97.4 Å². The van der Waals surface area contributed by atoms with Crippen molar-refractivity contribution in [1.29, 1.82) is 0 Å². The average molecular weight is 546 g/mol. The highest BCUT2D eigenvalue weighted by atomic mass is 16.1. The lowest BCUT2D eigenvalue weighted by Crippen LogP contribution is -2.47. The normalized spacial score (nSPS) is 14.2. The van der Waals surface area contributed by atoms with E-state index in [1.165, 1.54) is 5.56 Å². The van der Waals surface area contributed by atoms with Crippen LogP contribution in [-0.2, 0) is 11.3 Å². The van der Waals surface area contributed by atoms with Crippen molar-refractivity contribution in [2.24, 2.45) is 10.7 Å². The Morgan fingerprint density at radius 1 is 0.829 bits per heavy atom. The molecule has 1 aliphatic heterocycles. The van der Waals surface area contributed by atoms with E-state index in [2.05, 4.69) is 76.8 Å². The maximum absolute atomic E-state index is 13.4. The predicted molar refractivity (Wildman–Crippen MR) is 169 cm³/mol. The van der Waals surface area contributed by atoms with Crippen molar-refractivity contribution in [3.05, 3.63) is 120 Å². The smallest absolute Gasteiger partial charge is 0.222 e. The maximum atomic E-state index is 13.4. The van der Waals surface area contributed by atoms with Crippen LogP contribution in [0.15, 0.2) is 114 Å². The van der Waals surface area contributed by atoms with Crippen LogP contribution < -0.4 is 16.0 Å². The Morgan fingerprint density at radius 3 is 2.22 bits per heavy atom. The Kier molecular flexibility index (Phi) is 9.45. The number of unbranched alkanes of at least 4 members (excludes halogenated alkanes) is 2. The molecule has 0 aliphatic carbocycles. The minimum absolute atomic E-state index is 0.00594. The molecule has 6 heteroatoms. The molecule has 0 fully saturated rings. The van der Waals surface area contributed by atoms with E-state index in [0.717, 1.165) is 59.8 Å². The molecule has 0 saturated carbocycles. The largest absolute Gasteiger partial charge is 0.352 e. The summed E-state index contributed by atoms with van der Waals surface area (Å²) in [6, 6.07) is 37.0. The number of carbonyl (C=O) groups excluding carboxylic acids is 1. The second-order valence-corrected chi connectivity index (χ2v) is 10.5. The third-order valence-corrected chi connectivity index (χ3v) is 7.55. The second kappa shape index (κ2) is 13.8. The summed E-state index contributed by atoms with van der Waals surface area (Å²) in [4.78, 5) is 23.0. The molecular formula is C35H39N5O. The molecule has 4 aromatic carbocycles. The van der Waals surface area contributed by atoms with E-state index in [1.54, 1.807) is 0 Å². The molecule has 1 amide bonds. The summed E-state index contributed by atoms with van der Waals surface area (Å²) in [6.45, 7) is 2.06. The summed E-state index contributed by atoms with van der Waals surface area (Å²) < 4.78 is 0. The van der Waals surface area contributed by atoms with Gasteiger partial charge in [0.25, 0.3) is 0 Å². The highest BCUT2D eigenvalue weighted by Crippen LogP contribution is 2.40. The molecule has 0 radical (unpaired) electrons. The third-order valence-electron chi connectivity index (χ3n) is 7.55. The molecule has 6 nitrogen and oxygen atoms in total. The lowest BCUT2D eigenvalue weighted by Gasteiger charge is -2.41. The van der Waals surface area contributed by atoms with Gasteiger partial charge < -0.3 is 20.9 Å². The fourth-order valence-corrected chi connectivity index (χ4v) is 5.34. The lowest BCUT2D eigenvalue weighted by molar-refractivity contribution is -0.121. The van der Waals surface area contributed by atoms with Crippen LogP contribution in [0, 0.1) is 0 Å². The van der Waals surface area contributed by atoms with Crippen LogP contribution in [-0.4, -0.2) is 36.9 Å². The first kappa shape index (κ1) is 28.1. The molecule has 0 bridgehead atoms. The number of benzene rings is 4. The number of fused-ring (bicyclic) bond motifs is 1. The van der Waals surface area contributed by atoms with Gasteiger partial charge in [0.05, 0.1) is 18.2 Å². The Morgan fingerprint density at radius 2 is 1.49 bits per heavy atom. The molecule has 1 aliphatic rings. The number of nitrogens with one attached hydrogen (secondary N) is 1. The zero-order valence-electron chi connectivity index (χ0n) is 23.7. The monoisotopic (exact) mass is 545 g/mol. The van der Waals surface area contributed by atoms with Crippen molar-refractivity contribution in [2.75, 3.05) is 25.0 Å². The van der Waals surface area contributed by atoms with E-state index in [9.17, 15) is 4.79 Å². The third kappa shape index (κ3) is 7.02. The summed E-state index contributed by atoms with van der Waals surface area (Å²) in [5, 5.41) is 3.14. The number of guanidine groups is 1. The van der Waals surface area contributed by atoms with Crippen LogP contribution in [0.5, 0.6) is 0 Å². The SMILES string of the molecule is CN(CCCCCN)C1=Nc2ccccc2C(CC(=O)NCc2ccccc2)N1c1ccc(-c2ccccc2)cc1. The molecule has 210 valence electrons. The molecule has 1 atom stereocenters. The summed E-state index contributed by atoms with van der Waals surface area (Å²) in [5.74, 6) is 0.858. The lowest BCUT2D eigenvalue weighted by atomic mass is 9.96. The number of hydrogen-bond acceptors (Lipinski definition) is 5. The number of anilines is 1. The summed E-state index contributed by atoms with van der Waals surface area (Å²) in [5.41, 5.74) is 12.1. The fourth-order valence-electron chi connectivity index (χ4n) is 5.34. The minimum atomic E-state index is -0.205. The van der Waals surface area contributed by atoms with E-state index >= 15 is 0 Å². The van der Waals surface area contributed by atoms with Crippen LogP contribution in [0.1, 0.15) is 42.9 Å². The topological polar surface area (TPSA) is 74.0 Å². The van der Waals surface area contributed by atoms with Crippen molar-refractivity contribution in [3.63, 3.8) is 0 Å². The van der Waals surface area contributed by atoms with Crippen LogP contribution in [0.4, 0.5) is 11.4 Å². The Balaban J connectivity index is 1.47. The molecule has 0 spiro atoms. The number of para-hydroxylation sites is 1. The van der Waals surface area contributed by atoms with Crippen molar-refractivity contribution < 1.29 is 4.79 Å². The number of rotatable bonds is 11. The predicted octanol–water partition coefficient (Wildman–Crippen LogP) is 6.67. The molecule has 41 heavy (non-hydrogen) atoms. The number of amides is 1. The van der Waals surface area contributed by atoms with Gasteiger partial charge in [0.1, 0.15) is 0 Å². The summed E-state index contributed by atoms with van der Waals surface area (Å²) >= 11 is 0. The van der Waals surface area contributed by atoms with E-state index < -0.39 is 0 Å². The average Bonchev–Trinajstić information content (AvgIpc) is 3.03. The molecule has 5 rings (SSSR count). The highest BCUT2D eigenvalue weighted by Gasteiger charge is 2.34. The van der Waals surface area contributed by atoms with Crippen LogP contribution >= 0.6 is 0 Å². The fraction of sp³-hybridized carbons (Fsp3) is 0.257.